The van der Waals surface area contributed by atoms with Gasteiger partial charge in [-0.1, -0.05) is 11.6 Å². The number of sulfonamides is 1. The maximum atomic E-state index is 12.7. The van der Waals surface area contributed by atoms with E-state index in [1.54, 1.807) is 19.9 Å². The number of aromatic nitrogens is 2. The summed E-state index contributed by atoms with van der Waals surface area (Å²) in [5.74, 6) is 0.482. The molecule has 9 heteroatoms. The Morgan fingerprint density at radius 1 is 0.938 bits per heavy atom. The highest BCUT2D eigenvalue weighted by Gasteiger charge is 2.19. The molecule has 8 nitrogen and oxygen atoms in total. The number of nitrogens with zero attached hydrogens (tertiary/aromatic N) is 2. The van der Waals surface area contributed by atoms with E-state index >= 15 is 0 Å². The fourth-order valence-corrected chi connectivity index (χ4v) is 4.41. The molecule has 0 bridgehead atoms. The molecule has 0 aliphatic carbocycles. The van der Waals surface area contributed by atoms with Crippen LogP contribution >= 0.6 is 0 Å². The van der Waals surface area contributed by atoms with Gasteiger partial charge in [0.1, 0.15) is 17.2 Å². The van der Waals surface area contributed by atoms with Gasteiger partial charge in [-0.15, -0.1) is 0 Å². The molecule has 1 amide bonds. The van der Waals surface area contributed by atoms with Crippen LogP contribution in [-0.2, 0) is 10.0 Å². The standard InChI is InChI=1S/C23H22N4O4S/c1-13-5-10-20-19(11-13)15(3)22(31-20)23(28)26-17-6-8-18(9-7-17)32(29,30)27-21-12-14(2)24-16(4)25-21/h5-12H,1-4H3,(H,26,28)(H,24,25,27). The molecule has 0 fully saturated rings. The summed E-state index contributed by atoms with van der Waals surface area (Å²) in [4.78, 5) is 21.0. The molecule has 2 aromatic carbocycles. The van der Waals surface area contributed by atoms with Crippen LogP contribution in [0.25, 0.3) is 11.0 Å². The Hall–Kier alpha value is -3.72. The van der Waals surface area contributed by atoms with E-state index in [1.807, 2.05) is 32.0 Å². The fraction of sp³-hybridized carbons (Fsp3) is 0.174. The second kappa shape index (κ2) is 8.08. The third-order valence-corrected chi connectivity index (χ3v) is 6.30. The minimum Gasteiger partial charge on any atom is -0.451 e. The number of aryl methyl sites for hydroxylation is 4. The maximum Gasteiger partial charge on any atom is 0.291 e. The van der Waals surface area contributed by atoms with E-state index in [1.165, 1.54) is 24.3 Å². The predicted molar refractivity (Wildman–Crippen MR) is 122 cm³/mol. The maximum absolute atomic E-state index is 12.7. The number of carbonyl (C=O) groups excluding carboxylic acids is 1. The largest absolute Gasteiger partial charge is 0.451 e. The lowest BCUT2D eigenvalue weighted by Gasteiger charge is -2.09. The van der Waals surface area contributed by atoms with Gasteiger partial charge in [-0.25, -0.2) is 18.4 Å². The molecule has 0 unspecified atom stereocenters. The van der Waals surface area contributed by atoms with Crippen molar-refractivity contribution in [3.63, 3.8) is 0 Å². The van der Waals surface area contributed by atoms with Crippen LogP contribution in [0.2, 0.25) is 0 Å². The van der Waals surface area contributed by atoms with Gasteiger partial charge in [-0.3, -0.25) is 9.52 Å². The van der Waals surface area contributed by atoms with E-state index < -0.39 is 15.9 Å². The van der Waals surface area contributed by atoms with Gasteiger partial charge in [0.05, 0.1) is 4.90 Å². The van der Waals surface area contributed by atoms with Gasteiger partial charge in [0.15, 0.2) is 5.76 Å². The highest BCUT2D eigenvalue weighted by atomic mass is 32.2. The Kier molecular flexibility index (Phi) is 5.43. The Morgan fingerprint density at radius 3 is 2.34 bits per heavy atom. The van der Waals surface area contributed by atoms with Crippen LogP contribution in [0.3, 0.4) is 0 Å². The zero-order chi connectivity index (χ0) is 23.0. The predicted octanol–water partition coefficient (Wildman–Crippen LogP) is 4.51. The van der Waals surface area contributed by atoms with Crippen molar-refractivity contribution in [1.29, 1.82) is 0 Å². The van der Waals surface area contributed by atoms with Crippen molar-refractivity contribution in [3.05, 3.63) is 76.9 Å². The number of hydrogen-bond acceptors (Lipinski definition) is 6. The average molecular weight is 451 g/mol. The summed E-state index contributed by atoms with van der Waals surface area (Å²) >= 11 is 0. The molecule has 164 valence electrons. The van der Waals surface area contributed by atoms with E-state index in [4.69, 9.17) is 4.42 Å². The van der Waals surface area contributed by atoms with Crippen molar-refractivity contribution in [2.24, 2.45) is 0 Å². The first-order valence-corrected chi connectivity index (χ1v) is 11.4. The molecular weight excluding hydrogens is 428 g/mol. The zero-order valence-electron chi connectivity index (χ0n) is 18.1. The number of carbonyl (C=O) groups is 1. The third-order valence-electron chi connectivity index (χ3n) is 4.93. The molecule has 32 heavy (non-hydrogen) atoms. The Bertz CT molecular complexity index is 1420. The highest BCUT2D eigenvalue weighted by molar-refractivity contribution is 7.92. The highest BCUT2D eigenvalue weighted by Crippen LogP contribution is 2.27. The first-order chi connectivity index (χ1) is 15.1. The Labute approximate surface area is 185 Å². The summed E-state index contributed by atoms with van der Waals surface area (Å²) in [5, 5.41) is 3.64. The summed E-state index contributed by atoms with van der Waals surface area (Å²) in [5.41, 5.74) is 3.56. The number of nitrogens with one attached hydrogen (secondary N) is 2. The van der Waals surface area contributed by atoms with Gasteiger partial charge in [-0.05, 0) is 64.1 Å². The number of furan rings is 1. The number of benzene rings is 2. The molecule has 0 aliphatic heterocycles. The summed E-state index contributed by atoms with van der Waals surface area (Å²) < 4.78 is 33.5. The smallest absolute Gasteiger partial charge is 0.291 e. The number of amides is 1. The lowest BCUT2D eigenvalue weighted by Crippen LogP contribution is -2.15. The van der Waals surface area contributed by atoms with Crippen molar-refractivity contribution in [2.75, 3.05) is 10.0 Å². The van der Waals surface area contributed by atoms with Crippen LogP contribution in [0, 0.1) is 27.7 Å². The first-order valence-electron chi connectivity index (χ1n) is 9.89. The number of hydrogen-bond donors (Lipinski definition) is 2. The van der Waals surface area contributed by atoms with Gasteiger partial charge in [-0.2, -0.15) is 0 Å². The molecule has 0 saturated heterocycles. The van der Waals surface area contributed by atoms with Crippen molar-refractivity contribution < 1.29 is 17.6 Å². The normalized spacial score (nSPS) is 11.5. The van der Waals surface area contributed by atoms with Crippen LogP contribution < -0.4 is 10.0 Å². The van der Waals surface area contributed by atoms with E-state index in [9.17, 15) is 13.2 Å². The number of fused-ring (bicyclic) bond motifs is 1. The molecule has 0 spiro atoms. The van der Waals surface area contributed by atoms with E-state index in [0.717, 1.165) is 16.5 Å². The second-order valence-electron chi connectivity index (χ2n) is 7.58. The Morgan fingerprint density at radius 2 is 1.66 bits per heavy atom. The minimum absolute atomic E-state index is 0.0415. The van der Waals surface area contributed by atoms with E-state index in [0.29, 0.717) is 22.8 Å². The van der Waals surface area contributed by atoms with Crippen LogP contribution in [0.4, 0.5) is 11.5 Å². The SMILES string of the molecule is Cc1ccc2oc(C(=O)Nc3ccc(S(=O)(=O)Nc4cc(C)nc(C)n4)cc3)c(C)c2c1. The van der Waals surface area contributed by atoms with Crippen LogP contribution in [0.1, 0.15) is 33.2 Å². The second-order valence-corrected chi connectivity index (χ2v) is 9.26. The van der Waals surface area contributed by atoms with Gasteiger partial charge in [0.25, 0.3) is 15.9 Å². The third kappa shape index (κ3) is 4.33. The molecule has 2 heterocycles. The summed E-state index contributed by atoms with van der Waals surface area (Å²) in [7, 11) is -3.84. The summed E-state index contributed by atoms with van der Waals surface area (Å²) in [6.07, 6.45) is 0. The molecule has 0 aliphatic rings. The lowest BCUT2D eigenvalue weighted by atomic mass is 10.1. The Balaban J connectivity index is 1.52. The quantitative estimate of drug-likeness (QED) is 0.462. The van der Waals surface area contributed by atoms with E-state index in [-0.39, 0.29) is 16.5 Å². The topological polar surface area (TPSA) is 114 Å². The number of anilines is 2. The summed E-state index contributed by atoms with van der Waals surface area (Å²) in [6, 6.07) is 13.1. The minimum atomic E-state index is -3.84. The first kappa shape index (κ1) is 21.5. The molecule has 2 N–H and O–H groups in total. The van der Waals surface area contributed by atoms with E-state index in [2.05, 4.69) is 20.0 Å². The molecule has 2 aromatic heterocycles. The lowest BCUT2D eigenvalue weighted by molar-refractivity contribution is 0.0998. The molecule has 0 radical (unpaired) electrons. The molecular formula is C23H22N4O4S. The molecule has 0 saturated carbocycles. The van der Waals surface area contributed by atoms with Crippen molar-refractivity contribution >= 4 is 38.4 Å². The zero-order valence-corrected chi connectivity index (χ0v) is 18.9. The monoisotopic (exact) mass is 450 g/mol. The van der Waals surface area contributed by atoms with Crippen molar-refractivity contribution in [3.8, 4) is 0 Å². The van der Waals surface area contributed by atoms with Crippen LogP contribution in [-0.4, -0.2) is 24.3 Å². The average Bonchev–Trinajstić information content (AvgIpc) is 3.03. The molecule has 4 rings (SSSR count). The van der Waals surface area contributed by atoms with Crippen LogP contribution in [0.15, 0.2) is 57.8 Å². The molecule has 0 atom stereocenters. The van der Waals surface area contributed by atoms with Crippen LogP contribution in [0.5, 0.6) is 0 Å². The fourth-order valence-electron chi connectivity index (χ4n) is 3.42. The van der Waals surface area contributed by atoms with Crippen molar-refractivity contribution in [2.45, 2.75) is 32.6 Å². The van der Waals surface area contributed by atoms with Gasteiger partial charge in [0.2, 0.25) is 0 Å². The summed E-state index contributed by atoms with van der Waals surface area (Å²) in [6.45, 7) is 7.25. The van der Waals surface area contributed by atoms with Gasteiger partial charge < -0.3 is 9.73 Å². The van der Waals surface area contributed by atoms with Crippen molar-refractivity contribution in [1.82, 2.24) is 9.97 Å². The molecule has 4 aromatic rings. The number of rotatable bonds is 5. The van der Waals surface area contributed by atoms with Gasteiger partial charge in [0, 0.05) is 28.4 Å². The van der Waals surface area contributed by atoms with Gasteiger partial charge >= 0.3 is 0 Å².